The maximum Gasteiger partial charge on any atom is 0.222 e. The molecule has 1 amide bonds. The van der Waals surface area contributed by atoms with Gasteiger partial charge in [0.1, 0.15) is 0 Å². The van der Waals surface area contributed by atoms with Crippen LogP contribution in [0.1, 0.15) is 65.7 Å². The second kappa shape index (κ2) is 7.40. The molecule has 0 bridgehead atoms. The second-order valence-electron chi connectivity index (χ2n) is 9.80. The monoisotopic (exact) mass is 367 g/mol. The molecule has 0 aromatic rings. The molecule has 0 spiro atoms. The van der Waals surface area contributed by atoms with Gasteiger partial charge in [-0.05, 0) is 61.7 Å². The van der Waals surface area contributed by atoms with E-state index in [1.165, 1.54) is 0 Å². The fourth-order valence-corrected chi connectivity index (χ4v) is 6.18. The van der Waals surface area contributed by atoms with Gasteiger partial charge >= 0.3 is 0 Å². The van der Waals surface area contributed by atoms with E-state index in [2.05, 4.69) is 13.8 Å². The SMILES string of the molecule is CC1CCN(C(=O)C[C@@H]2[C@H](O)CC[C@@H]3[C@](C)(CO)[C@H](O)CC[C@]32C)CC1. The van der Waals surface area contributed by atoms with Gasteiger partial charge in [-0.2, -0.15) is 0 Å². The molecule has 0 aromatic carbocycles. The van der Waals surface area contributed by atoms with E-state index in [4.69, 9.17) is 0 Å². The smallest absolute Gasteiger partial charge is 0.222 e. The first kappa shape index (κ1) is 20.1. The Morgan fingerprint density at radius 1 is 1.08 bits per heavy atom. The van der Waals surface area contributed by atoms with Crippen LogP contribution in [0, 0.1) is 28.6 Å². The molecule has 3 fully saturated rings. The van der Waals surface area contributed by atoms with Crippen LogP contribution in [-0.2, 0) is 4.79 Å². The van der Waals surface area contributed by atoms with E-state index in [-0.39, 0.29) is 29.8 Å². The number of carbonyl (C=O) groups is 1. The molecule has 1 aliphatic heterocycles. The molecule has 0 unspecified atom stereocenters. The summed E-state index contributed by atoms with van der Waals surface area (Å²) in [5.41, 5.74) is -0.762. The van der Waals surface area contributed by atoms with E-state index in [1.54, 1.807) is 0 Å². The molecule has 3 aliphatic rings. The van der Waals surface area contributed by atoms with Crippen LogP contribution >= 0.6 is 0 Å². The van der Waals surface area contributed by atoms with Crippen molar-refractivity contribution in [2.45, 2.75) is 77.9 Å². The summed E-state index contributed by atoms with van der Waals surface area (Å²) in [6.45, 7) is 8.00. The second-order valence-corrected chi connectivity index (χ2v) is 9.80. The van der Waals surface area contributed by atoms with Crippen molar-refractivity contribution in [1.82, 2.24) is 4.90 Å². The van der Waals surface area contributed by atoms with Crippen molar-refractivity contribution in [2.75, 3.05) is 19.7 Å². The number of aliphatic hydroxyl groups excluding tert-OH is 3. The Bertz CT molecular complexity index is 518. The molecule has 6 atom stereocenters. The minimum absolute atomic E-state index is 0.0464. The third-order valence-corrected chi connectivity index (χ3v) is 8.24. The lowest BCUT2D eigenvalue weighted by Gasteiger charge is -2.60. The summed E-state index contributed by atoms with van der Waals surface area (Å²) in [5, 5.41) is 31.4. The van der Waals surface area contributed by atoms with Gasteiger partial charge in [0.15, 0.2) is 0 Å². The van der Waals surface area contributed by atoms with Gasteiger partial charge in [0, 0.05) is 24.9 Å². The van der Waals surface area contributed by atoms with Crippen LogP contribution in [-0.4, -0.2) is 58.0 Å². The van der Waals surface area contributed by atoms with Gasteiger partial charge in [-0.3, -0.25) is 4.79 Å². The van der Waals surface area contributed by atoms with Crippen LogP contribution in [0.4, 0.5) is 0 Å². The van der Waals surface area contributed by atoms with Crippen molar-refractivity contribution in [3.05, 3.63) is 0 Å². The number of hydrogen-bond donors (Lipinski definition) is 3. The first-order chi connectivity index (χ1) is 12.2. The molecule has 2 saturated carbocycles. The lowest BCUT2D eigenvalue weighted by atomic mass is 9.46. The Kier molecular flexibility index (Phi) is 5.72. The fraction of sp³-hybridized carbons (Fsp3) is 0.952. The highest BCUT2D eigenvalue weighted by atomic mass is 16.3. The third kappa shape index (κ3) is 3.31. The van der Waals surface area contributed by atoms with Crippen LogP contribution in [0.15, 0.2) is 0 Å². The van der Waals surface area contributed by atoms with Gasteiger partial charge in [-0.25, -0.2) is 0 Å². The standard InChI is InChI=1S/C21H37NO4/c1-14-7-10-22(11-8-14)19(26)12-15-16(24)4-5-17-20(15,2)9-6-18(25)21(17,3)13-23/h14-18,23-25H,4-13H2,1-3H3/t15-,16-,17+,18-,20+,21+/m1/s1. The number of hydrogen-bond acceptors (Lipinski definition) is 4. The largest absolute Gasteiger partial charge is 0.396 e. The summed E-state index contributed by atoms with van der Waals surface area (Å²) < 4.78 is 0. The van der Waals surface area contributed by atoms with E-state index in [9.17, 15) is 20.1 Å². The maximum atomic E-state index is 12.9. The number of amides is 1. The number of fused-ring (bicyclic) bond motifs is 1. The zero-order chi connectivity index (χ0) is 19.1. The van der Waals surface area contributed by atoms with Crippen molar-refractivity contribution < 1.29 is 20.1 Å². The van der Waals surface area contributed by atoms with Crippen LogP contribution in [0.3, 0.4) is 0 Å². The van der Waals surface area contributed by atoms with Gasteiger partial charge < -0.3 is 20.2 Å². The number of aliphatic hydroxyl groups is 3. The van der Waals surface area contributed by atoms with Crippen LogP contribution in [0.25, 0.3) is 0 Å². The highest BCUT2D eigenvalue weighted by Crippen LogP contribution is 2.60. The average molecular weight is 368 g/mol. The van der Waals surface area contributed by atoms with Gasteiger partial charge in [-0.1, -0.05) is 20.8 Å². The number of carbonyl (C=O) groups excluding carboxylic acids is 1. The predicted octanol–water partition coefficient (Wildman–Crippen LogP) is 2.18. The minimum Gasteiger partial charge on any atom is -0.396 e. The van der Waals surface area contributed by atoms with Crippen molar-refractivity contribution in [3.8, 4) is 0 Å². The first-order valence-corrected chi connectivity index (χ1v) is 10.5. The number of piperidine rings is 1. The minimum atomic E-state index is -0.547. The summed E-state index contributed by atoms with van der Waals surface area (Å²) in [6.07, 6.45) is 4.42. The molecule has 0 aromatic heterocycles. The lowest BCUT2D eigenvalue weighted by Crippen LogP contribution is -2.60. The Balaban J connectivity index is 1.78. The van der Waals surface area contributed by atoms with E-state index in [0.29, 0.717) is 25.2 Å². The number of nitrogens with zero attached hydrogens (tertiary/aromatic N) is 1. The highest BCUT2D eigenvalue weighted by Gasteiger charge is 2.59. The molecule has 3 rings (SSSR count). The average Bonchev–Trinajstić information content (AvgIpc) is 2.62. The Hall–Kier alpha value is -0.650. The molecular formula is C21H37NO4. The Morgan fingerprint density at radius 2 is 1.73 bits per heavy atom. The molecule has 1 saturated heterocycles. The quantitative estimate of drug-likeness (QED) is 0.714. The Labute approximate surface area is 157 Å². The maximum absolute atomic E-state index is 12.9. The molecule has 150 valence electrons. The normalized spacial score (nSPS) is 44.6. The number of rotatable bonds is 3. The highest BCUT2D eigenvalue weighted by molar-refractivity contribution is 5.76. The van der Waals surface area contributed by atoms with Crippen LogP contribution < -0.4 is 0 Å². The van der Waals surface area contributed by atoms with Crippen LogP contribution in [0.2, 0.25) is 0 Å². The van der Waals surface area contributed by atoms with Gasteiger partial charge in [-0.15, -0.1) is 0 Å². The van der Waals surface area contributed by atoms with Gasteiger partial charge in [0.05, 0.1) is 18.8 Å². The molecule has 5 nitrogen and oxygen atoms in total. The number of likely N-dealkylation sites (tertiary alicyclic amines) is 1. The zero-order valence-electron chi connectivity index (χ0n) is 16.7. The van der Waals surface area contributed by atoms with Crippen molar-refractivity contribution in [2.24, 2.45) is 28.6 Å². The molecule has 26 heavy (non-hydrogen) atoms. The van der Waals surface area contributed by atoms with Crippen LogP contribution in [0.5, 0.6) is 0 Å². The van der Waals surface area contributed by atoms with Gasteiger partial charge in [0.2, 0.25) is 5.91 Å². The van der Waals surface area contributed by atoms with Crippen molar-refractivity contribution in [3.63, 3.8) is 0 Å². The summed E-state index contributed by atoms with van der Waals surface area (Å²) in [7, 11) is 0. The molecule has 2 aliphatic carbocycles. The van der Waals surface area contributed by atoms with E-state index in [0.717, 1.165) is 38.8 Å². The predicted molar refractivity (Wildman–Crippen MR) is 100 cm³/mol. The summed E-state index contributed by atoms with van der Waals surface area (Å²) >= 11 is 0. The van der Waals surface area contributed by atoms with Crippen molar-refractivity contribution >= 4 is 5.91 Å². The topological polar surface area (TPSA) is 81.0 Å². The third-order valence-electron chi connectivity index (χ3n) is 8.24. The molecule has 1 heterocycles. The molecule has 5 heteroatoms. The van der Waals surface area contributed by atoms with Crippen molar-refractivity contribution in [1.29, 1.82) is 0 Å². The summed E-state index contributed by atoms with van der Waals surface area (Å²) in [4.78, 5) is 14.9. The van der Waals surface area contributed by atoms with E-state index >= 15 is 0 Å². The Morgan fingerprint density at radius 3 is 2.35 bits per heavy atom. The van der Waals surface area contributed by atoms with E-state index < -0.39 is 17.6 Å². The summed E-state index contributed by atoms with van der Waals surface area (Å²) in [5.74, 6) is 0.892. The zero-order valence-corrected chi connectivity index (χ0v) is 16.7. The lowest BCUT2D eigenvalue weighted by molar-refractivity contribution is -0.187. The molecule has 3 N–H and O–H groups in total. The van der Waals surface area contributed by atoms with Gasteiger partial charge in [0.25, 0.3) is 0 Å². The molecular weight excluding hydrogens is 330 g/mol. The molecule has 0 radical (unpaired) electrons. The summed E-state index contributed by atoms with van der Waals surface area (Å²) in [6, 6.07) is 0. The first-order valence-electron chi connectivity index (χ1n) is 10.5. The van der Waals surface area contributed by atoms with E-state index in [1.807, 2.05) is 11.8 Å². The fourth-order valence-electron chi connectivity index (χ4n) is 6.18.